The van der Waals surface area contributed by atoms with Crippen LogP contribution < -0.4 is 0 Å². The third kappa shape index (κ3) is 3.83. The van der Waals surface area contributed by atoms with Gasteiger partial charge in [-0.1, -0.05) is 0 Å². The smallest absolute Gasteiger partial charge is 0.264 e. The Kier molecular flexibility index (Phi) is 5.24. The number of nitrogens with zero attached hydrogens (tertiary/aromatic N) is 5. The highest BCUT2D eigenvalue weighted by Gasteiger charge is 2.33. The van der Waals surface area contributed by atoms with Gasteiger partial charge in [-0.3, -0.25) is 14.5 Å². The second kappa shape index (κ2) is 7.69. The molecule has 3 aromatic heterocycles. The Morgan fingerprint density at radius 1 is 1.21 bits per heavy atom. The number of thiophene rings is 1. The molecule has 0 saturated carbocycles. The van der Waals surface area contributed by atoms with Crippen LogP contribution in [0.15, 0.2) is 47.1 Å². The number of aromatic nitrogens is 3. The van der Waals surface area contributed by atoms with Crippen molar-refractivity contribution < 1.29 is 13.2 Å². The second-order valence-corrected chi connectivity index (χ2v) is 9.76. The Morgan fingerprint density at radius 3 is 2.59 bits per heavy atom. The van der Waals surface area contributed by atoms with Gasteiger partial charge < -0.3 is 4.90 Å². The van der Waals surface area contributed by atoms with E-state index in [1.807, 2.05) is 18.4 Å². The van der Waals surface area contributed by atoms with Crippen molar-refractivity contribution >= 4 is 27.3 Å². The second-order valence-electron chi connectivity index (χ2n) is 6.94. The maximum absolute atomic E-state index is 13.3. The molecule has 8 nitrogen and oxygen atoms in total. The summed E-state index contributed by atoms with van der Waals surface area (Å²) < 4.78 is 29.5. The van der Waals surface area contributed by atoms with Gasteiger partial charge in [0.15, 0.2) is 0 Å². The zero-order valence-electron chi connectivity index (χ0n) is 16.1. The van der Waals surface area contributed by atoms with E-state index in [1.165, 1.54) is 26.5 Å². The fourth-order valence-corrected chi connectivity index (χ4v) is 5.80. The van der Waals surface area contributed by atoms with E-state index in [4.69, 9.17) is 0 Å². The summed E-state index contributed by atoms with van der Waals surface area (Å²) in [5.41, 5.74) is 2.08. The van der Waals surface area contributed by atoms with E-state index in [2.05, 4.69) is 10.1 Å². The lowest BCUT2D eigenvalue weighted by Gasteiger charge is -2.33. The SMILES string of the molecule is Cc1csc(C(=O)N2CCN(S(=O)(=O)c3cn(C)nc3-c3cccnc3)CC2)c1. The Bertz CT molecular complexity index is 1130. The van der Waals surface area contributed by atoms with E-state index in [0.717, 1.165) is 5.56 Å². The number of rotatable bonds is 4. The number of hydrogen-bond donors (Lipinski definition) is 0. The third-order valence-electron chi connectivity index (χ3n) is 4.82. The summed E-state index contributed by atoms with van der Waals surface area (Å²) >= 11 is 1.42. The van der Waals surface area contributed by atoms with Crippen molar-refractivity contribution in [2.45, 2.75) is 11.8 Å². The van der Waals surface area contributed by atoms with Gasteiger partial charge in [-0.2, -0.15) is 9.40 Å². The number of aryl methyl sites for hydroxylation is 2. The summed E-state index contributed by atoms with van der Waals surface area (Å²) in [6.07, 6.45) is 4.75. The number of carbonyl (C=O) groups is 1. The monoisotopic (exact) mass is 431 g/mol. The Balaban J connectivity index is 1.54. The summed E-state index contributed by atoms with van der Waals surface area (Å²) in [6.45, 7) is 3.17. The van der Waals surface area contributed by atoms with Gasteiger partial charge in [0.1, 0.15) is 10.6 Å². The molecule has 0 N–H and O–H groups in total. The Labute approximate surface area is 173 Å². The van der Waals surface area contributed by atoms with E-state index >= 15 is 0 Å². The van der Waals surface area contributed by atoms with Crippen molar-refractivity contribution in [2.75, 3.05) is 26.2 Å². The first-order valence-corrected chi connectivity index (χ1v) is 11.5. The number of amides is 1. The molecule has 0 radical (unpaired) electrons. The molecule has 1 fully saturated rings. The maximum Gasteiger partial charge on any atom is 0.264 e. The number of hydrogen-bond acceptors (Lipinski definition) is 6. The Hall–Kier alpha value is -2.56. The van der Waals surface area contributed by atoms with Crippen LogP contribution >= 0.6 is 11.3 Å². The van der Waals surface area contributed by atoms with Gasteiger partial charge >= 0.3 is 0 Å². The lowest BCUT2D eigenvalue weighted by molar-refractivity contribution is 0.0702. The van der Waals surface area contributed by atoms with Gasteiger partial charge in [-0.15, -0.1) is 11.3 Å². The summed E-state index contributed by atoms with van der Waals surface area (Å²) in [7, 11) is -2.05. The average molecular weight is 432 g/mol. The maximum atomic E-state index is 13.3. The van der Waals surface area contributed by atoms with Crippen molar-refractivity contribution in [1.82, 2.24) is 24.0 Å². The van der Waals surface area contributed by atoms with Crippen LogP contribution in [0.2, 0.25) is 0 Å². The minimum Gasteiger partial charge on any atom is -0.335 e. The molecule has 0 unspecified atom stereocenters. The van der Waals surface area contributed by atoms with E-state index in [1.54, 1.807) is 36.5 Å². The predicted molar refractivity (Wildman–Crippen MR) is 110 cm³/mol. The van der Waals surface area contributed by atoms with Gasteiger partial charge in [0.05, 0.1) is 4.88 Å². The van der Waals surface area contributed by atoms with Gasteiger partial charge in [0, 0.05) is 57.4 Å². The number of sulfonamides is 1. The van der Waals surface area contributed by atoms with E-state index < -0.39 is 10.0 Å². The minimum absolute atomic E-state index is 0.0439. The van der Waals surface area contributed by atoms with Crippen molar-refractivity contribution in [3.8, 4) is 11.3 Å². The molecule has 29 heavy (non-hydrogen) atoms. The molecule has 1 aliphatic heterocycles. The molecule has 0 aromatic carbocycles. The first-order chi connectivity index (χ1) is 13.9. The van der Waals surface area contributed by atoms with Gasteiger partial charge in [-0.05, 0) is 36.1 Å². The van der Waals surface area contributed by atoms with Crippen LogP contribution in [0.25, 0.3) is 11.3 Å². The lowest BCUT2D eigenvalue weighted by Crippen LogP contribution is -2.50. The van der Waals surface area contributed by atoms with Gasteiger partial charge in [-0.25, -0.2) is 8.42 Å². The molecule has 3 aromatic rings. The first-order valence-electron chi connectivity index (χ1n) is 9.15. The summed E-state index contributed by atoms with van der Waals surface area (Å²) in [6, 6.07) is 5.40. The zero-order valence-corrected chi connectivity index (χ0v) is 17.8. The van der Waals surface area contributed by atoms with Crippen molar-refractivity contribution in [2.24, 2.45) is 7.05 Å². The molecule has 4 heterocycles. The molecule has 0 spiro atoms. The van der Waals surface area contributed by atoms with Crippen LogP contribution in [0.3, 0.4) is 0 Å². The summed E-state index contributed by atoms with van der Waals surface area (Å²) in [5, 5.41) is 6.28. The lowest BCUT2D eigenvalue weighted by atomic mass is 10.2. The fourth-order valence-electron chi connectivity index (χ4n) is 3.33. The standard InChI is InChI=1S/C19H21N5O3S2/c1-14-10-16(28-13-14)19(25)23-6-8-24(9-7-23)29(26,27)17-12-22(2)21-18(17)15-4-3-5-20-11-15/h3-5,10-13H,6-9H2,1-2H3. The topological polar surface area (TPSA) is 88.4 Å². The molecular weight excluding hydrogens is 410 g/mol. The largest absolute Gasteiger partial charge is 0.335 e. The van der Waals surface area contributed by atoms with Crippen LogP contribution in [-0.2, 0) is 17.1 Å². The highest BCUT2D eigenvalue weighted by atomic mass is 32.2. The van der Waals surface area contributed by atoms with Crippen LogP contribution in [0, 0.1) is 6.92 Å². The molecule has 0 aliphatic carbocycles. The van der Waals surface area contributed by atoms with Gasteiger partial charge in [0.2, 0.25) is 10.0 Å². The molecule has 1 saturated heterocycles. The molecule has 4 rings (SSSR count). The van der Waals surface area contributed by atoms with Crippen LogP contribution in [-0.4, -0.2) is 64.5 Å². The third-order valence-corrected chi connectivity index (χ3v) is 7.75. The molecule has 1 amide bonds. The molecular formula is C19H21N5O3S2. The molecule has 10 heteroatoms. The van der Waals surface area contributed by atoms with Crippen molar-refractivity contribution in [3.63, 3.8) is 0 Å². The molecule has 0 bridgehead atoms. The summed E-state index contributed by atoms with van der Waals surface area (Å²) in [5.74, 6) is -0.0439. The first kappa shape index (κ1) is 19.7. The van der Waals surface area contributed by atoms with Crippen molar-refractivity contribution in [3.05, 3.63) is 52.6 Å². The number of piperazine rings is 1. The van der Waals surface area contributed by atoms with E-state index in [0.29, 0.717) is 29.2 Å². The van der Waals surface area contributed by atoms with E-state index in [9.17, 15) is 13.2 Å². The normalized spacial score (nSPS) is 15.6. The predicted octanol–water partition coefficient (Wildman–Crippen LogP) is 2.00. The quantitative estimate of drug-likeness (QED) is 0.630. The van der Waals surface area contributed by atoms with Crippen LogP contribution in [0.4, 0.5) is 0 Å². The zero-order chi connectivity index (χ0) is 20.6. The molecule has 152 valence electrons. The highest BCUT2D eigenvalue weighted by Crippen LogP contribution is 2.28. The average Bonchev–Trinajstić information content (AvgIpc) is 3.34. The molecule has 0 atom stereocenters. The van der Waals surface area contributed by atoms with E-state index in [-0.39, 0.29) is 23.9 Å². The summed E-state index contributed by atoms with van der Waals surface area (Å²) in [4.78, 5) is 19.2. The van der Waals surface area contributed by atoms with Crippen molar-refractivity contribution in [1.29, 1.82) is 0 Å². The number of pyridine rings is 1. The minimum atomic E-state index is -3.74. The highest BCUT2D eigenvalue weighted by molar-refractivity contribution is 7.89. The number of carbonyl (C=O) groups excluding carboxylic acids is 1. The Morgan fingerprint density at radius 2 is 1.97 bits per heavy atom. The fraction of sp³-hybridized carbons (Fsp3) is 0.316. The van der Waals surface area contributed by atoms with Gasteiger partial charge in [0.25, 0.3) is 5.91 Å². The molecule has 1 aliphatic rings. The van der Waals surface area contributed by atoms with Crippen LogP contribution in [0.5, 0.6) is 0 Å². The van der Waals surface area contributed by atoms with Crippen LogP contribution in [0.1, 0.15) is 15.2 Å².